The fourth-order valence-electron chi connectivity index (χ4n) is 4.09. The summed E-state index contributed by atoms with van der Waals surface area (Å²) in [6.45, 7) is 1.26. The van der Waals surface area contributed by atoms with E-state index in [0.717, 1.165) is 16.5 Å². The smallest absolute Gasteiger partial charge is 0.326 e. The van der Waals surface area contributed by atoms with E-state index in [1.54, 1.807) is 6.20 Å². The maximum atomic E-state index is 12.9. The molecule has 1 heterocycles. The van der Waals surface area contributed by atoms with Crippen LogP contribution in [0.15, 0.2) is 54.7 Å². The number of aliphatic hydroxyl groups is 1. The highest BCUT2D eigenvalue weighted by atomic mass is 32.1. The molecule has 3 rings (SSSR count). The minimum absolute atomic E-state index is 0.00120. The van der Waals surface area contributed by atoms with Crippen molar-refractivity contribution >= 4 is 47.2 Å². The van der Waals surface area contributed by atoms with Crippen LogP contribution >= 0.6 is 12.6 Å². The number of fused-ring (bicyclic) bond motifs is 1. The lowest BCUT2D eigenvalue weighted by Gasteiger charge is -2.26. The first-order valence-electron chi connectivity index (χ1n) is 12.5. The van der Waals surface area contributed by atoms with Gasteiger partial charge in [0.15, 0.2) is 0 Å². The zero-order chi connectivity index (χ0) is 29.4. The third-order valence-electron chi connectivity index (χ3n) is 6.32. The number of thiol groups is 1. The molecule has 0 aliphatic heterocycles. The van der Waals surface area contributed by atoms with E-state index < -0.39 is 54.0 Å². The van der Waals surface area contributed by atoms with Crippen LogP contribution in [0.3, 0.4) is 0 Å². The molecule has 9 N–H and O–H groups in total. The van der Waals surface area contributed by atoms with Gasteiger partial charge in [-0.15, -0.1) is 0 Å². The molecule has 0 aliphatic carbocycles. The molecule has 3 aromatic rings. The summed E-state index contributed by atoms with van der Waals surface area (Å²) in [5.74, 6) is -3.83. The van der Waals surface area contributed by atoms with E-state index in [9.17, 15) is 34.5 Å². The van der Waals surface area contributed by atoms with Crippen molar-refractivity contribution in [1.82, 2.24) is 20.9 Å². The summed E-state index contributed by atoms with van der Waals surface area (Å²) < 4.78 is 0. The number of para-hydroxylation sites is 1. The van der Waals surface area contributed by atoms with Crippen LogP contribution in [-0.2, 0) is 32.0 Å². The molecule has 0 saturated heterocycles. The number of carboxylic acid groups (broad SMARTS) is 1. The first kappa shape index (κ1) is 30.5. The van der Waals surface area contributed by atoms with Crippen molar-refractivity contribution in [2.75, 3.05) is 5.75 Å². The van der Waals surface area contributed by atoms with Crippen molar-refractivity contribution < 1.29 is 34.5 Å². The quantitative estimate of drug-likeness (QED) is 0.126. The maximum absolute atomic E-state index is 12.9. The van der Waals surface area contributed by atoms with Crippen LogP contribution in [0.1, 0.15) is 18.1 Å². The normalized spacial score (nSPS) is 14.9. The number of aromatic hydroxyl groups is 1. The van der Waals surface area contributed by atoms with Gasteiger partial charge in [0.2, 0.25) is 17.7 Å². The Morgan fingerprint density at radius 1 is 0.925 bits per heavy atom. The number of aromatic nitrogens is 1. The summed E-state index contributed by atoms with van der Waals surface area (Å²) in [6.07, 6.45) is 0.462. The number of phenols is 1. The van der Waals surface area contributed by atoms with E-state index in [1.807, 2.05) is 24.3 Å². The van der Waals surface area contributed by atoms with Gasteiger partial charge in [-0.25, -0.2) is 4.79 Å². The van der Waals surface area contributed by atoms with Gasteiger partial charge in [-0.1, -0.05) is 30.3 Å². The number of nitrogens with one attached hydrogen (secondary N) is 4. The third-order valence-corrected chi connectivity index (χ3v) is 6.69. The number of carboxylic acids is 1. The zero-order valence-electron chi connectivity index (χ0n) is 21.7. The highest BCUT2D eigenvalue weighted by molar-refractivity contribution is 7.80. The largest absolute Gasteiger partial charge is 0.508 e. The lowest BCUT2D eigenvalue weighted by Crippen LogP contribution is -2.60. The monoisotopic (exact) mass is 571 g/mol. The average molecular weight is 572 g/mol. The maximum Gasteiger partial charge on any atom is 0.326 e. The van der Waals surface area contributed by atoms with Crippen LogP contribution in [0, 0.1) is 0 Å². The standard InChI is InChI=1S/C27H33N5O7S/c1-14(33)23(26(37)30-21(27(38)39)10-15-6-8-17(34)9-7-15)32-25(36)22(13-40)31-24(35)19(28)11-16-12-29-20-5-3-2-4-18(16)20/h2-9,12,14,19,21-23,29,33-34,40H,10-11,13,28H2,1H3,(H,30,37)(H,31,35)(H,32,36)(H,38,39). The van der Waals surface area contributed by atoms with Gasteiger partial charge in [0.1, 0.15) is 23.9 Å². The first-order valence-corrected chi connectivity index (χ1v) is 13.1. The number of carbonyl (C=O) groups excluding carboxylic acids is 3. The second kappa shape index (κ2) is 13.8. The first-order chi connectivity index (χ1) is 19.0. The Labute approximate surface area is 235 Å². The number of hydrogen-bond acceptors (Lipinski definition) is 8. The van der Waals surface area contributed by atoms with Crippen LogP contribution in [0.2, 0.25) is 0 Å². The highest BCUT2D eigenvalue weighted by Crippen LogP contribution is 2.19. The molecule has 12 nitrogen and oxygen atoms in total. The lowest BCUT2D eigenvalue weighted by atomic mass is 10.0. The molecule has 0 saturated carbocycles. The molecule has 0 aliphatic rings. The Morgan fingerprint density at radius 2 is 1.57 bits per heavy atom. The number of benzene rings is 2. The summed E-state index contributed by atoms with van der Waals surface area (Å²) >= 11 is 4.13. The molecule has 2 aromatic carbocycles. The number of H-pyrrole nitrogens is 1. The van der Waals surface area contributed by atoms with Gasteiger partial charge in [0.25, 0.3) is 0 Å². The predicted molar refractivity (Wildman–Crippen MR) is 151 cm³/mol. The molecular weight excluding hydrogens is 538 g/mol. The number of hydrogen-bond donors (Lipinski definition) is 9. The molecular formula is C27H33N5O7S. The molecule has 1 aromatic heterocycles. The van der Waals surface area contributed by atoms with Crippen molar-refractivity contribution in [3.05, 3.63) is 65.9 Å². The molecule has 0 fully saturated rings. The molecule has 214 valence electrons. The minimum Gasteiger partial charge on any atom is -0.508 e. The van der Waals surface area contributed by atoms with Crippen molar-refractivity contribution in [1.29, 1.82) is 0 Å². The molecule has 0 spiro atoms. The van der Waals surface area contributed by atoms with Crippen LogP contribution < -0.4 is 21.7 Å². The molecule has 13 heteroatoms. The lowest BCUT2D eigenvalue weighted by molar-refractivity contribution is -0.143. The van der Waals surface area contributed by atoms with Crippen LogP contribution in [-0.4, -0.2) is 80.0 Å². The number of amides is 3. The Hall–Kier alpha value is -4.07. The number of phenolic OH excluding ortho intramolecular Hbond substituents is 1. The van der Waals surface area contributed by atoms with Gasteiger partial charge in [-0.2, -0.15) is 12.6 Å². The number of rotatable bonds is 13. The van der Waals surface area contributed by atoms with E-state index in [1.165, 1.54) is 31.2 Å². The molecule has 0 bridgehead atoms. The fraction of sp³-hybridized carbons (Fsp3) is 0.333. The second-order valence-corrected chi connectivity index (χ2v) is 9.78. The summed E-state index contributed by atoms with van der Waals surface area (Å²) in [5.41, 5.74) is 8.36. The summed E-state index contributed by atoms with van der Waals surface area (Å²) in [7, 11) is 0. The van der Waals surface area contributed by atoms with Crippen molar-refractivity contribution in [2.24, 2.45) is 5.73 Å². The Bertz CT molecular complexity index is 1340. The second-order valence-electron chi connectivity index (χ2n) is 9.41. The van der Waals surface area contributed by atoms with E-state index in [-0.39, 0.29) is 24.3 Å². The van der Waals surface area contributed by atoms with Gasteiger partial charge in [-0.3, -0.25) is 14.4 Å². The third kappa shape index (κ3) is 7.97. The number of nitrogens with two attached hydrogens (primary N) is 1. The van der Waals surface area contributed by atoms with Crippen LogP contribution in [0.25, 0.3) is 10.9 Å². The zero-order valence-corrected chi connectivity index (χ0v) is 22.6. The van der Waals surface area contributed by atoms with Crippen molar-refractivity contribution in [3.8, 4) is 5.75 Å². The number of carbonyl (C=O) groups is 4. The Balaban J connectivity index is 1.62. The summed E-state index contributed by atoms with van der Waals surface area (Å²) in [6, 6.07) is 8.25. The van der Waals surface area contributed by atoms with Gasteiger partial charge in [0, 0.05) is 29.3 Å². The average Bonchev–Trinajstić information content (AvgIpc) is 3.33. The SMILES string of the molecule is CC(O)C(NC(=O)C(CS)NC(=O)C(N)Cc1c[nH]c2ccccc12)C(=O)NC(Cc1ccc(O)cc1)C(=O)O. The molecule has 5 atom stereocenters. The highest BCUT2D eigenvalue weighted by Gasteiger charge is 2.32. The predicted octanol–water partition coefficient (Wildman–Crippen LogP) is -0.164. The van der Waals surface area contributed by atoms with Gasteiger partial charge >= 0.3 is 5.97 Å². The summed E-state index contributed by atoms with van der Waals surface area (Å²) in [4.78, 5) is 53.5. The van der Waals surface area contributed by atoms with Crippen molar-refractivity contribution in [2.45, 2.75) is 50.0 Å². The summed E-state index contributed by atoms with van der Waals surface area (Å²) in [5, 5.41) is 37.3. The number of aromatic amines is 1. The Kier molecular flexibility index (Phi) is 10.5. The van der Waals surface area contributed by atoms with Gasteiger partial charge in [-0.05, 0) is 42.7 Å². The van der Waals surface area contributed by atoms with Crippen LogP contribution in [0.5, 0.6) is 5.75 Å². The Morgan fingerprint density at radius 3 is 2.20 bits per heavy atom. The van der Waals surface area contributed by atoms with E-state index in [2.05, 4.69) is 33.6 Å². The minimum atomic E-state index is -1.52. The number of aliphatic hydroxyl groups excluding tert-OH is 1. The molecule has 0 radical (unpaired) electrons. The van der Waals surface area contributed by atoms with E-state index >= 15 is 0 Å². The van der Waals surface area contributed by atoms with Crippen LogP contribution in [0.4, 0.5) is 0 Å². The topological polar surface area (TPSA) is 207 Å². The molecule has 5 unspecified atom stereocenters. The van der Waals surface area contributed by atoms with Crippen molar-refractivity contribution in [3.63, 3.8) is 0 Å². The number of aliphatic carboxylic acids is 1. The molecule has 3 amide bonds. The fourth-order valence-corrected chi connectivity index (χ4v) is 4.35. The van der Waals surface area contributed by atoms with E-state index in [0.29, 0.717) is 5.56 Å². The van der Waals surface area contributed by atoms with Gasteiger partial charge < -0.3 is 42.0 Å². The van der Waals surface area contributed by atoms with Gasteiger partial charge in [0.05, 0.1) is 12.1 Å². The van der Waals surface area contributed by atoms with E-state index in [4.69, 9.17) is 5.73 Å². The molecule has 40 heavy (non-hydrogen) atoms.